The molecule has 0 bridgehead atoms. The van der Waals surface area contributed by atoms with Crippen LogP contribution in [0.3, 0.4) is 0 Å². The van der Waals surface area contributed by atoms with E-state index in [1.54, 1.807) is 29.5 Å². The number of amides is 1. The number of aromatic nitrogens is 2. The normalized spacial score (nSPS) is 10.8. The number of carbonyl (C=O) groups excluding carboxylic acids is 1. The number of aromatic amines is 1. The van der Waals surface area contributed by atoms with Crippen LogP contribution in [0, 0.1) is 10.1 Å². The van der Waals surface area contributed by atoms with Crippen molar-refractivity contribution in [2.75, 3.05) is 12.4 Å². The Bertz CT molecular complexity index is 1180. The van der Waals surface area contributed by atoms with Crippen molar-refractivity contribution >= 4 is 39.7 Å². The lowest BCUT2D eigenvalue weighted by Gasteiger charge is -2.07. The maximum absolute atomic E-state index is 12.5. The van der Waals surface area contributed by atoms with Crippen LogP contribution < -0.4 is 10.1 Å². The molecule has 9 heteroatoms. The van der Waals surface area contributed by atoms with Crippen molar-refractivity contribution in [1.29, 1.82) is 0 Å². The van der Waals surface area contributed by atoms with Gasteiger partial charge in [0.25, 0.3) is 5.91 Å². The van der Waals surface area contributed by atoms with Gasteiger partial charge in [-0.1, -0.05) is 6.07 Å². The number of nitro groups is 1. The predicted octanol–water partition coefficient (Wildman–Crippen LogP) is 4.46. The minimum atomic E-state index is -0.585. The maximum Gasteiger partial charge on any atom is 0.311 e. The number of nitro benzene ring substituents is 1. The number of thiophene rings is 1. The third-order valence-corrected chi connectivity index (χ3v) is 5.01. The van der Waals surface area contributed by atoms with Crippen LogP contribution >= 0.6 is 11.3 Å². The molecular weight excluding hydrogens is 380 g/mol. The van der Waals surface area contributed by atoms with E-state index in [0.717, 1.165) is 21.7 Å². The summed E-state index contributed by atoms with van der Waals surface area (Å²) in [6.07, 6.45) is 0. The van der Waals surface area contributed by atoms with Crippen molar-refractivity contribution in [3.05, 3.63) is 69.6 Å². The lowest BCUT2D eigenvalue weighted by atomic mass is 10.1. The average molecular weight is 394 g/mol. The first-order valence-electron chi connectivity index (χ1n) is 8.22. The Kier molecular flexibility index (Phi) is 4.50. The van der Waals surface area contributed by atoms with Crippen LogP contribution in [0.4, 0.5) is 11.4 Å². The van der Waals surface area contributed by atoms with Crippen molar-refractivity contribution in [3.63, 3.8) is 0 Å². The molecule has 2 aromatic carbocycles. The molecule has 0 aliphatic carbocycles. The number of methoxy groups -OCH3 is 1. The highest BCUT2D eigenvalue weighted by Crippen LogP contribution is 2.29. The first-order valence-corrected chi connectivity index (χ1v) is 9.10. The smallest absolute Gasteiger partial charge is 0.311 e. The van der Waals surface area contributed by atoms with Crippen LogP contribution in [0.5, 0.6) is 5.75 Å². The standard InChI is InChI=1S/C19H14N4O4S/c1-27-16-7-4-11(9-15(16)23(25)26)19(24)20-12-5-6-13-14(10-12)22-18(21-13)17-3-2-8-28-17/h2-10H,1H3,(H,20,24)(H,21,22). The number of rotatable bonds is 5. The van der Waals surface area contributed by atoms with Gasteiger partial charge < -0.3 is 15.0 Å². The minimum Gasteiger partial charge on any atom is -0.490 e. The van der Waals surface area contributed by atoms with E-state index in [9.17, 15) is 14.9 Å². The number of hydrogen-bond donors (Lipinski definition) is 2. The van der Waals surface area contributed by atoms with Crippen LogP contribution in [-0.4, -0.2) is 27.9 Å². The van der Waals surface area contributed by atoms with Gasteiger partial charge in [0.15, 0.2) is 5.75 Å². The number of H-pyrrole nitrogens is 1. The van der Waals surface area contributed by atoms with Gasteiger partial charge >= 0.3 is 5.69 Å². The van der Waals surface area contributed by atoms with E-state index in [2.05, 4.69) is 15.3 Å². The quantitative estimate of drug-likeness (QED) is 0.383. The van der Waals surface area contributed by atoms with Gasteiger partial charge in [0.05, 0.1) is 27.9 Å². The first-order chi connectivity index (χ1) is 13.5. The number of nitrogens with zero attached hydrogens (tertiary/aromatic N) is 2. The summed E-state index contributed by atoms with van der Waals surface area (Å²) in [7, 11) is 1.34. The van der Waals surface area contributed by atoms with E-state index in [4.69, 9.17) is 4.74 Å². The van der Waals surface area contributed by atoms with E-state index in [1.165, 1.54) is 25.3 Å². The molecule has 4 rings (SSSR count). The fraction of sp³-hybridized carbons (Fsp3) is 0.0526. The van der Waals surface area contributed by atoms with E-state index < -0.39 is 10.8 Å². The zero-order chi connectivity index (χ0) is 19.7. The molecule has 0 spiro atoms. The minimum absolute atomic E-state index is 0.0986. The summed E-state index contributed by atoms with van der Waals surface area (Å²) in [4.78, 5) is 31.9. The highest BCUT2D eigenvalue weighted by atomic mass is 32.1. The van der Waals surface area contributed by atoms with Crippen LogP contribution in [0.15, 0.2) is 53.9 Å². The number of benzene rings is 2. The summed E-state index contributed by atoms with van der Waals surface area (Å²) >= 11 is 1.58. The average Bonchev–Trinajstić information content (AvgIpc) is 3.36. The maximum atomic E-state index is 12.5. The second-order valence-electron chi connectivity index (χ2n) is 5.89. The van der Waals surface area contributed by atoms with Gasteiger partial charge in [-0.25, -0.2) is 4.98 Å². The topological polar surface area (TPSA) is 110 Å². The lowest BCUT2D eigenvalue weighted by Crippen LogP contribution is -2.12. The predicted molar refractivity (Wildman–Crippen MR) is 107 cm³/mol. The lowest BCUT2D eigenvalue weighted by molar-refractivity contribution is -0.385. The third-order valence-electron chi connectivity index (χ3n) is 4.13. The molecule has 0 aliphatic rings. The summed E-state index contributed by atoms with van der Waals surface area (Å²) in [6, 6.07) is 13.3. The van der Waals surface area contributed by atoms with Gasteiger partial charge in [-0.2, -0.15) is 0 Å². The molecule has 1 amide bonds. The molecule has 2 N–H and O–H groups in total. The van der Waals surface area contributed by atoms with Crippen molar-refractivity contribution in [2.45, 2.75) is 0 Å². The molecule has 0 unspecified atom stereocenters. The molecule has 28 heavy (non-hydrogen) atoms. The van der Waals surface area contributed by atoms with Gasteiger partial charge in [0, 0.05) is 17.3 Å². The van der Waals surface area contributed by atoms with Gasteiger partial charge in [0.2, 0.25) is 0 Å². The number of hydrogen-bond acceptors (Lipinski definition) is 6. The van der Waals surface area contributed by atoms with Crippen molar-refractivity contribution in [3.8, 4) is 16.5 Å². The zero-order valence-electron chi connectivity index (χ0n) is 14.6. The van der Waals surface area contributed by atoms with E-state index >= 15 is 0 Å². The molecule has 8 nitrogen and oxygen atoms in total. The summed E-state index contributed by atoms with van der Waals surface area (Å²) in [5.41, 5.74) is 2.01. The number of anilines is 1. The highest BCUT2D eigenvalue weighted by molar-refractivity contribution is 7.13. The van der Waals surface area contributed by atoms with E-state index in [0.29, 0.717) is 5.69 Å². The van der Waals surface area contributed by atoms with E-state index in [-0.39, 0.29) is 17.0 Å². The molecular formula is C19H14N4O4S. The molecule has 2 heterocycles. The van der Waals surface area contributed by atoms with Gasteiger partial charge in [-0.15, -0.1) is 11.3 Å². The Morgan fingerprint density at radius 1 is 1.25 bits per heavy atom. The van der Waals surface area contributed by atoms with Crippen molar-refractivity contribution in [2.24, 2.45) is 0 Å². The molecule has 140 valence electrons. The fourth-order valence-electron chi connectivity index (χ4n) is 2.79. The molecule has 2 aromatic heterocycles. The molecule has 0 fully saturated rings. The highest BCUT2D eigenvalue weighted by Gasteiger charge is 2.18. The molecule has 0 radical (unpaired) electrons. The third kappa shape index (κ3) is 3.30. The van der Waals surface area contributed by atoms with Gasteiger partial charge in [-0.05, 0) is 41.8 Å². The Balaban J connectivity index is 1.60. The monoisotopic (exact) mass is 394 g/mol. The van der Waals surface area contributed by atoms with Gasteiger partial charge in [-0.3, -0.25) is 14.9 Å². The summed E-state index contributed by atoms with van der Waals surface area (Å²) in [6.45, 7) is 0. The Hall–Kier alpha value is -3.72. The van der Waals surface area contributed by atoms with E-state index in [1.807, 2.05) is 17.5 Å². The summed E-state index contributed by atoms with van der Waals surface area (Å²) in [5, 5.41) is 15.9. The van der Waals surface area contributed by atoms with Crippen LogP contribution in [0.2, 0.25) is 0 Å². The number of nitrogens with one attached hydrogen (secondary N) is 2. The second-order valence-corrected chi connectivity index (χ2v) is 6.84. The SMILES string of the molecule is COc1ccc(C(=O)Nc2ccc3nc(-c4cccs4)[nH]c3c2)cc1[N+](=O)[O-]. The molecule has 0 saturated heterocycles. The van der Waals surface area contributed by atoms with Crippen LogP contribution in [-0.2, 0) is 0 Å². The van der Waals surface area contributed by atoms with Gasteiger partial charge in [0.1, 0.15) is 5.82 Å². The largest absolute Gasteiger partial charge is 0.490 e. The zero-order valence-corrected chi connectivity index (χ0v) is 15.4. The molecule has 0 aliphatic heterocycles. The van der Waals surface area contributed by atoms with Crippen molar-refractivity contribution < 1.29 is 14.5 Å². The number of ether oxygens (including phenoxy) is 1. The Labute approximate surface area is 163 Å². The summed E-state index contributed by atoms with van der Waals surface area (Å²) < 4.78 is 4.96. The number of fused-ring (bicyclic) bond motifs is 1. The summed E-state index contributed by atoms with van der Waals surface area (Å²) in [5.74, 6) is 0.406. The van der Waals surface area contributed by atoms with Crippen LogP contribution in [0.1, 0.15) is 10.4 Å². The Morgan fingerprint density at radius 3 is 2.82 bits per heavy atom. The second kappa shape index (κ2) is 7.12. The molecule has 0 atom stereocenters. The fourth-order valence-corrected chi connectivity index (χ4v) is 3.46. The number of imidazole rings is 1. The number of carbonyl (C=O) groups is 1. The van der Waals surface area contributed by atoms with Crippen molar-refractivity contribution in [1.82, 2.24) is 9.97 Å². The Morgan fingerprint density at radius 2 is 2.11 bits per heavy atom. The molecule has 0 saturated carbocycles. The molecule has 4 aromatic rings. The van der Waals surface area contributed by atoms with Crippen LogP contribution in [0.25, 0.3) is 21.7 Å². The first kappa shape index (κ1) is 17.7.